The lowest BCUT2D eigenvalue weighted by molar-refractivity contribution is 0.0943. The van der Waals surface area contributed by atoms with Crippen molar-refractivity contribution in [2.45, 2.75) is 0 Å². The summed E-state index contributed by atoms with van der Waals surface area (Å²) in [5.74, 6) is -0.0451. The van der Waals surface area contributed by atoms with Crippen LogP contribution in [0.5, 0.6) is 11.5 Å². The molecule has 0 fully saturated rings. The maximum atomic E-state index is 12.9. The predicted octanol–water partition coefficient (Wildman–Crippen LogP) is 3.91. The standard InChI is InChI=1S/C26H29N3O4/c1-29(2)17-16-27-26(31)23-22(32-3)15-14-21(24(23)33-4)28-25(30)20-12-10-19(11-13-20)18-8-6-5-7-9-18/h5-15H,16-17H2,1-4H3,(H,27,31)(H,28,30). The normalized spacial score (nSPS) is 10.6. The number of carbonyl (C=O) groups is 2. The lowest BCUT2D eigenvalue weighted by Gasteiger charge is -2.18. The van der Waals surface area contributed by atoms with Crippen LogP contribution in [0, 0.1) is 0 Å². The predicted molar refractivity (Wildman–Crippen MR) is 130 cm³/mol. The Morgan fingerprint density at radius 3 is 2.09 bits per heavy atom. The monoisotopic (exact) mass is 447 g/mol. The summed E-state index contributed by atoms with van der Waals surface area (Å²) in [5.41, 5.74) is 3.20. The first-order chi connectivity index (χ1) is 15.9. The van der Waals surface area contributed by atoms with Crippen LogP contribution >= 0.6 is 0 Å². The Bertz CT molecular complexity index is 1100. The number of benzene rings is 3. The summed E-state index contributed by atoms with van der Waals surface area (Å²) in [4.78, 5) is 27.7. The Balaban J connectivity index is 1.82. The molecular weight excluding hydrogens is 418 g/mol. The quantitative estimate of drug-likeness (QED) is 0.520. The highest BCUT2D eigenvalue weighted by Gasteiger charge is 2.23. The molecule has 172 valence electrons. The average molecular weight is 448 g/mol. The number of carbonyl (C=O) groups excluding carboxylic acids is 2. The van der Waals surface area contributed by atoms with Crippen LogP contribution in [-0.2, 0) is 0 Å². The zero-order valence-electron chi connectivity index (χ0n) is 19.3. The molecule has 3 rings (SSSR count). The molecule has 0 aliphatic carbocycles. The van der Waals surface area contributed by atoms with Gasteiger partial charge in [0.05, 0.1) is 19.9 Å². The minimum Gasteiger partial charge on any atom is -0.496 e. The van der Waals surface area contributed by atoms with Gasteiger partial charge in [0, 0.05) is 18.7 Å². The number of hydrogen-bond donors (Lipinski definition) is 2. The van der Waals surface area contributed by atoms with E-state index in [1.807, 2.05) is 61.5 Å². The Labute approximate surface area is 194 Å². The molecule has 0 atom stereocenters. The molecule has 3 aromatic rings. The van der Waals surface area contributed by atoms with Crippen LogP contribution in [-0.4, -0.2) is 58.1 Å². The summed E-state index contributed by atoms with van der Waals surface area (Å²) in [6.45, 7) is 1.15. The fraction of sp³-hybridized carbons (Fsp3) is 0.231. The highest BCUT2D eigenvalue weighted by atomic mass is 16.5. The molecule has 0 heterocycles. The fourth-order valence-corrected chi connectivity index (χ4v) is 3.38. The molecule has 0 saturated carbocycles. The smallest absolute Gasteiger partial charge is 0.258 e. The third-order valence-electron chi connectivity index (χ3n) is 5.12. The van der Waals surface area contributed by atoms with Gasteiger partial charge in [0.25, 0.3) is 11.8 Å². The van der Waals surface area contributed by atoms with E-state index in [2.05, 4.69) is 10.6 Å². The van der Waals surface area contributed by atoms with E-state index in [-0.39, 0.29) is 23.1 Å². The molecule has 2 N–H and O–H groups in total. The SMILES string of the molecule is COc1ccc(NC(=O)c2ccc(-c3ccccc3)cc2)c(OC)c1C(=O)NCCN(C)C. The number of likely N-dealkylation sites (N-methyl/N-ethyl adjacent to an activating group) is 1. The first kappa shape index (κ1) is 23.8. The zero-order chi connectivity index (χ0) is 23.8. The van der Waals surface area contributed by atoms with Gasteiger partial charge in [-0.25, -0.2) is 0 Å². The molecule has 0 bridgehead atoms. The summed E-state index contributed by atoms with van der Waals surface area (Å²) < 4.78 is 10.9. The van der Waals surface area contributed by atoms with Gasteiger partial charge >= 0.3 is 0 Å². The summed E-state index contributed by atoms with van der Waals surface area (Å²) in [5, 5.41) is 5.71. The average Bonchev–Trinajstić information content (AvgIpc) is 2.84. The van der Waals surface area contributed by atoms with Gasteiger partial charge in [0.15, 0.2) is 5.75 Å². The third-order valence-corrected chi connectivity index (χ3v) is 5.12. The van der Waals surface area contributed by atoms with E-state index in [1.165, 1.54) is 14.2 Å². The number of anilines is 1. The van der Waals surface area contributed by atoms with Crippen molar-refractivity contribution in [3.63, 3.8) is 0 Å². The Kier molecular flexibility index (Phi) is 8.05. The zero-order valence-corrected chi connectivity index (χ0v) is 19.3. The Morgan fingerprint density at radius 1 is 0.818 bits per heavy atom. The lowest BCUT2D eigenvalue weighted by Crippen LogP contribution is -2.32. The van der Waals surface area contributed by atoms with Crippen molar-refractivity contribution in [3.8, 4) is 22.6 Å². The Hall–Kier alpha value is -3.84. The second kappa shape index (κ2) is 11.2. The molecule has 7 nitrogen and oxygen atoms in total. The molecule has 2 amide bonds. The second-order valence-electron chi connectivity index (χ2n) is 7.68. The topological polar surface area (TPSA) is 79.9 Å². The minimum absolute atomic E-state index is 0.232. The van der Waals surface area contributed by atoms with Gasteiger partial charge in [-0.2, -0.15) is 0 Å². The summed E-state index contributed by atoms with van der Waals surface area (Å²) in [6.07, 6.45) is 0. The van der Waals surface area contributed by atoms with Crippen molar-refractivity contribution in [3.05, 3.63) is 77.9 Å². The molecule has 0 saturated heterocycles. The van der Waals surface area contributed by atoms with Crippen LogP contribution in [0.4, 0.5) is 5.69 Å². The number of amides is 2. The van der Waals surface area contributed by atoms with Crippen LogP contribution < -0.4 is 20.1 Å². The summed E-state index contributed by atoms with van der Waals surface area (Å²) in [6, 6.07) is 20.6. The van der Waals surface area contributed by atoms with Gasteiger partial charge in [-0.3, -0.25) is 9.59 Å². The minimum atomic E-state index is -0.339. The van der Waals surface area contributed by atoms with Crippen molar-refractivity contribution in [1.82, 2.24) is 10.2 Å². The van der Waals surface area contributed by atoms with E-state index < -0.39 is 0 Å². The van der Waals surface area contributed by atoms with E-state index in [0.717, 1.165) is 11.1 Å². The van der Waals surface area contributed by atoms with Crippen LogP contribution in [0.3, 0.4) is 0 Å². The van der Waals surface area contributed by atoms with Crippen molar-refractivity contribution >= 4 is 17.5 Å². The maximum Gasteiger partial charge on any atom is 0.258 e. The Morgan fingerprint density at radius 2 is 1.48 bits per heavy atom. The third kappa shape index (κ3) is 5.90. The van der Waals surface area contributed by atoms with E-state index in [9.17, 15) is 9.59 Å². The largest absolute Gasteiger partial charge is 0.496 e. The van der Waals surface area contributed by atoms with Gasteiger partial charge < -0.3 is 25.0 Å². The van der Waals surface area contributed by atoms with Crippen molar-refractivity contribution in [1.29, 1.82) is 0 Å². The number of nitrogens with one attached hydrogen (secondary N) is 2. The maximum absolute atomic E-state index is 12.9. The molecule has 0 aliphatic rings. The highest BCUT2D eigenvalue weighted by Crippen LogP contribution is 2.36. The number of nitrogens with zero attached hydrogens (tertiary/aromatic N) is 1. The van der Waals surface area contributed by atoms with Gasteiger partial charge in [0.1, 0.15) is 11.3 Å². The van der Waals surface area contributed by atoms with Crippen molar-refractivity contribution in [2.75, 3.05) is 46.7 Å². The first-order valence-electron chi connectivity index (χ1n) is 10.6. The molecule has 7 heteroatoms. The van der Waals surface area contributed by atoms with Crippen molar-refractivity contribution in [2.24, 2.45) is 0 Å². The number of ether oxygens (including phenoxy) is 2. The van der Waals surface area contributed by atoms with Crippen molar-refractivity contribution < 1.29 is 19.1 Å². The van der Waals surface area contributed by atoms with Gasteiger partial charge in [-0.1, -0.05) is 42.5 Å². The summed E-state index contributed by atoms with van der Waals surface area (Å²) >= 11 is 0. The molecule has 33 heavy (non-hydrogen) atoms. The van der Waals surface area contributed by atoms with Gasteiger partial charge in [-0.15, -0.1) is 0 Å². The van der Waals surface area contributed by atoms with E-state index in [1.54, 1.807) is 24.3 Å². The number of rotatable bonds is 9. The van der Waals surface area contributed by atoms with Crippen LogP contribution in [0.1, 0.15) is 20.7 Å². The fourth-order valence-electron chi connectivity index (χ4n) is 3.38. The highest BCUT2D eigenvalue weighted by molar-refractivity contribution is 6.08. The molecule has 0 aliphatic heterocycles. The van der Waals surface area contributed by atoms with E-state index in [0.29, 0.717) is 30.1 Å². The molecule has 0 unspecified atom stereocenters. The molecular formula is C26H29N3O4. The first-order valence-corrected chi connectivity index (χ1v) is 10.6. The van der Waals surface area contributed by atoms with Gasteiger partial charge in [-0.05, 0) is 49.5 Å². The number of hydrogen-bond acceptors (Lipinski definition) is 5. The second-order valence-corrected chi connectivity index (χ2v) is 7.68. The van der Waals surface area contributed by atoms with Crippen LogP contribution in [0.2, 0.25) is 0 Å². The van der Waals surface area contributed by atoms with Crippen LogP contribution in [0.15, 0.2) is 66.7 Å². The van der Waals surface area contributed by atoms with Gasteiger partial charge in [0.2, 0.25) is 0 Å². The lowest BCUT2D eigenvalue weighted by atomic mass is 10.0. The van der Waals surface area contributed by atoms with E-state index in [4.69, 9.17) is 9.47 Å². The molecule has 0 spiro atoms. The van der Waals surface area contributed by atoms with Crippen LogP contribution in [0.25, 0.3) is 11.1 Å². The summed E-state index contributed by atoms with van der Waals surface area (Å²) in [7, 11) is 6.79. The molecule has 0 radical (unpaired) electrons. The molecule has 0 aromatic heterocycles. The molecule has 3 aromatic carbocycles. The van der Waals surface area contributed by atoms with E-state index >= 15 is 0 Å². The number of methoxy groups -OCH3 is 2.